The van der Waals surface area contributed by atoms with E-state index in [1.807, 2.05) is 77.0 Å². The number of ether oxygens (including phenoxy) is 5. The summed E-state index contributed by atoms with van der Waals surface area (Å²) >= 11 is 3.19. The summed E-state index contributed by atoms with van der Waals surface area (Å²) in [4.78, 5) is 64.6. The Bertz CT molecular complexity index is 2230. The van der Waals surface area contributed by atoms with E-state index in [1.54, 1.807) is 49.6 Å². The predicted octanol–water partition coefficient (Wildman–Crippen LogP) is 6.38. The highest BCUT2D eigenvalue weighted by Gasteiger charge is 2.53. The van der Waals surface area contributed by atoms with Gasteiger partial charge in [-0.3, -0.25) is 19.4 Å². The number of aliphatic imine (C=N–C) groups is 1. The van der Waals surface area contributed by atoms with E-state index in [9.17, 15) is 24.6 Å². The molecule has 14 atom stereocenters. The molecule has 3 saturated heterocycles. The first-order chi connectivity index (χ1) is 30.8. The fourth-order valence-electron chi connectivity index (χ4n) is 9.85. The lowest BCUT2D eigenvalue weighted by Gasteiger charge is -2.47. The van der Waals surface area contributed by atoms with Gasteiger partial charge < -0.3 is 43.6 Å². The summed E-state index contributed by atoms with van der Waals surface area (Å²) in [5.41, 5.74) is -1.67. The van der Waals surface area contributed by atoms with Gasteiger partial charge in [-0.05, 0) is 103 Å². The van der Waals surface area contributed by atoms with Crippen LogP contribution in [0.4, 0.5) is 0 Å². The number of pyridine rings is 1. The summed E-state index contributed by atoms with van der Waals surface area (Å²) in [5, 5.41) is 28.7. The van der Waals surface area contributed by atoms with Crippen LogP contribution in [0.1, 0.15) is 79.5 Å². The van der Waals surface area contributed by atoms with Crippen LogP contribution in [0.25, 0.3) is 20.3 Å². The number of Topliss-reactive ketones (excluding diaryl/α,β-unsaturated/α-hetero) is 1. The van der Waals surface area contributed by atoms with Crippen molar-refractivity contribution in [2.24, 2.45) is 33.8 Å². The summed E-state index contributed by atoms with van der Waals surface area (Å²) in [6.45, 7) is 13.6. The van der Waals surface area contributed by atoms with E-state index in [-0.39, 0.29) is 50.3 Å². The minimum Gasteiger partial charge on any atom is -0.459 e. The molecule has 7 heterocycles. The monoisotopic (exact) mass is 936 g/mol. The van der Waals surface area contributed by atoms with Crippen LogP contribution in [0.15, 0.2) is 58.8 Å². The number of nitrogens with zero attached hydrogens (tertiary/aromatic N) is 4. The van der Waals surface area contributed by atoms with Crippen molar-refractivity contribution in [2.75, 3.05) is 27.3 Å². The van der Waals surface area contributed by atoms with Gasteiger partial charge in [-0.25, -0.2) is 4.99 Å². The van der Waals surface area contributed by atoms with Crippen molar-refractivity contribution < 1.29 is 53.1 Å². The molecule has 65 heavy (non-hydrogen) atoms. The molecule has 0 saturated carbocycles. The topological polar surface area (TPSA) is 188 Å². The van der Waals surface area contributed by atoms with Crippen LogP contribution in [-0.4, -0.2) is 137 Å². The maximum absolute atomic E-state index is 14.7. The average molecular weight is 937 g/mol. The maximum atomic E-state index is 14.7. The number of carbonyl (C=O) groups is 3. The van der Waals surface area contributed by atoms with Gasteiger partial charge in [0.05, 0.1) is 47.7 Å². The van der Waals surface area contributed by atoms with Crippen molar-refractivity contribution in [3.8, 4) is 20.3 Å². The van der Waals surface area contributed by atoms with Gasteiger partial charge in [-0.15, -0.1) is 22.7 Å². The van der Waals surface area contributed by atoms with Gasteiger partial charge >= 0.3 is 5.97 Å². The fourth-order valence-corrected chi connectivity index (χ4v) is 12.0. The van der Waals surface area contributed by atoms with Gasteiger partial charge in [0.25, 0.3) is 5.91 Å². The number of hydrogen-bond donors (Lipinski definition) is 2. The van der Waals surface area contributed by atoms with E-state index in [1.165, 1.54) is 6.92 Å². The van der Waals surface area contributed by atoms with Gasteiger partial charge in [0.15, 0.2) is 12.1 Å². The second-order valence-corrected chi connectivity index (χ2v) is 21.1. The maximum Gasteiger partial charge on any atom is 0.316 e. The molecule has 0 aromatic carbocycles. The second-order valence-electron chi connectivity index (χ2n) is 18.8. The molecule has 7 rings (SSSR count). The minimum absolute atomic E-state index is 0.153. The van der Waals surface area contributed by atoms with Crippen LogP contribution in [0.2, 0.25) is 0 Å². The molecule has 0 spiro atoms. The van der Waals surface area contributed by atoms with E-state index in [0.717, 1.165) is 25.2 Å². The third-order valence-corrected chi connectivity index (χ3v) is 15.9. The smallest absolute Gasteiger partial charge is 0.316 e. The Morgan fingerprint density at radius 1 is 0.938 bits per heavy atom. The van der Waals surface area contributed by atoms with E-state index in [2.05, 4.69) is 22.3 Å². The lowest BCUT2D eigenvalue weighted by atomic mass is 9.73. The number of thiophene rings is 2. The van der Waals surface area contributed by atoms with Crippen LogP contribution < -0.4 is 0 Å². The highest BCUT2D eigenvalue weighted by atomic mass is 32.1. The standard InChI is InChI=1S/C48H64N4O11S2/c1-11-38-48(8,57)43-27(4)39-25(2)22-47(7,42(28(5)40(53)29(6)45(56)61-38)62-46-41(54)33(52(9)10)20-26(3)60-46)59-24-30(23-58-43)51-63-34(44(55)50-39)21-31-15-16-36(64-31)37-18-17-35(65-37)32-14-12-13-19-49-32/h12-19,25-29,33-34,38,41-43,46,54,57H,11,20-24H2,1-10H3/b50-39?,51-30-/t25-,26-,27+,28+,29-,33+,34?,38-,41-,42-,43-,46+,47-,48-/m1/s1. The van der Waals surface area contributed by atoms with Crippen molar-refractivity contribution in [3.05, 3.63) is 53.5 Å². The zero-order valence-electron chi connectivity index (χ0n) is 39.0. The molecule has 1 unspecified atom stereocenters. The fraction of sp³-hybridized carbons (Fsp3) is 0.625. The minimum atomic E-state index is -1.84. The molecule has 4 aliphatic heterocycles. The molecule has 0 aliphatic carbocycles. The van der Waals surface area contributed by atoms with E-state index >= 15 is 0 Å². The summed E-state index contributed by atoms with van der Waals surface area (Å²) < 4.78 is 32.6. The lowest BCUT2D eigenvalue weighted by molar-refractivity contribution is -0.296. The molecular formula is C48H64N4O11S2. The number of rotatable bonds is 8. The van der Waals surface area contributed by atoms with Gasteiger partial charge in [0.1, 0.15) is 29.4 Å². The number of oxime groups is 1. The molecule has 1 amide bonds. The number of fused-ring (bicyclic) bond motifs is 4. The first-order valence-electron chi connectivity index (χ1n) is 22.6. The number of esters is 1. The zero-order valence-corrected chi connectivity index (χ0v) is 40.6. The quantitative estimate of drug-likeness (QED) is 0.187. The van der Waals surface area contributed by atoms with Gasteiger partial charge in [0.2, 0.25) is 6.10 Å². The molecule has 3 aromatic heterocycles. The summed E-state index contributed by atoms with van der Waals surface area (Å²) in [6.07, 6.45) is -4.17. The number of carbonyl (C=O) groups excluding carboxylic acids is 3. The SMILES string of the molecule is CC[C@H]1OC(=O)[C@H](C)C(=O)[C@H](C)[C@@H](O[C@@H]2O[C@H](C)C[C@H](N(C)C)[C@H]2O)[C@@]2(C)C[C@@H](C)C3=NC(=O)C(Cc4ccc(-c5ccc(-c6ccccn6)s5)s4)O/N=C(/CO[C@H]([C@H]3C)[C@]1(C)O)CO2. The van der Waals surface area contributed by atoms with Gasteiger partial charge in [0, 0.05) is 50.8 Å². The number of aliphatic hydroxyl groups excluding tert-OH is 1. The first-order valence-corrected chi connectivity index (χ1v) is 24.3. The predicted molar refractivity (Wildman–Crippen MR) is 248 cm³/mol. The van der Waals surface area contributed by atoms with Crippen molar-refractivity contribution in [1.82, 2.24) is 9.88 Å². The lowest BCUT2D eigenvalue weighted by Crippen LogP contribution is -2.60. The van der Waals surface area contributed by atoms with E-state index in [0.29, 0.717) is 12.1 Å². The van der Waals surface area contributed by atoms with E-state index < -0.39 is 89.3 Å². The molecule has 3 fully saturated rings. The molecule has 4 aliphatic rings. The van der Waals surface area contributed by atoms with Crippen molar-refractivity contribution in [2.45, 2.75) is 141 Å². The van der Waals surface area contributed by atoms with Crippen molar-refractivity contribution >= 4 is 51.8 Å². The molecule has 15 nitrogen and oxygen atoms in total. The Morgan fingerprint density at radius 3 is 2.37 bits per heavy atom. The number of cyclic esters (lactones) is 1. The zero-order chi connectivity index (χ0) is 47.0. The normalized spacial score (nSPS) is 37.3. The molecule has 17 heteroatoms. The van der Waals surface area contributed by atoms with Crippen LogP contribution in [-0.2, 0) is 49.3 Å². The third kappa shape index (κ3) is 10.5. The van der Waals surface area contributed by atoms with Crippen molar-refractivity contribution in [3.63, 3.8) is 0 Å². The van der Waals surface area contributed by atoms with E-state index in [4.69, 9.17) is 33.5 Å². The molecule has 354 valence electrons. The number of aromatic nitrogens is 1. The number of aliphatic hydroxyl groups is 2. The molecular weight excluding hydrogens is 873 g/mol. The van der Waals surface area contributed by atoms with Crippen LogP contribution >= 0.6 is 22.7 Å². The highest BCUT2D eigenvalue weighted by molar-refractivity contribution is 7.23. The Kier molecular flexibility index (Phi) is 15.3. The van der Waals surface area contributed by atoms with Crippen molar-refractivity contribution in [1.29, 1.82) is 0 Å². The third-order valence-electron chi connectivity index (χ3n) is 13.5. The second kappa shape index (κ2) is 20.2. The van der Waals surface area contributed by atoms with Crippen LogP contribution in [0.5, 0.6) is 0 Å². The Balaban J connectivity index is 1.30. The largest absolute Gasteiger partial charge is 0.459 e. The Hall–Kier alpha value is -3.78. The number of likely N-dealkylation sites (N-methyl/N-ethyl adjacent to an activating group) is 1. The molecule has 3 aromatic rings. The first kappa shape index (κ1) is 49.1. The molecule has 0 radical (unpaired) electrons. The number of ketones is 1. The van der Waals surface area contributed by atoms with Gasteiger partial charge in [-0.1, -0.05) is 38.9 Å². The number of hydrogen-bond acceptors (Lipinski definition) is 16. The Labute approximate surface area is 389 Å². The highest BCUT2D eigenvalue weighted by Crippen LogP contribution is 2.41. The molecule has 2 N–H and O–H groups in total. The summed E-state index contributed by atoms with van der Waals surface area (Å²) in [6, 6.07) is 13.6. The van der Waals surface area contributed by atoms with Crippen LogP contribution in [0, 0.1) is 23.7 Å². The van der Waals surface area contributed by atoms with Crippen LogP contribution in [0.3, 0.4) is 0 Å². The van der Waals surface area contributed by atoms with Gasteiger partial charge in [-0.2, -0.15) is 0 Å². The summed E-state index contributed by atoms with van der Waals surface area (Å²) in [5.74, 6) is -5.43. The number of amides is 1. The molecule has 4 bridgehead atoms. The Morgan fingerprint density at radius 2 is 1.66 bits per heavy atom. The average Bonchev–Trinajstić information content (AvgIpc) is 3.96. The summed E-state index contributed by atoms with van der Waals surface area (Å²) in [7, 11) is 3.75.